The number of aromatic nitrogens is 3. The highest BCUT2D eigenvalue weighted by Crippen LogP contribution is 2.22. The number of hydrogen-bond donors (Lipinski definition) is 0. The predicted molar refractivity (Wildman–Crippen MR) is 102 cm³/mol. The van der Waals surface area contributed by atoms with E-state index in [1.165, 1.54) is 11.9 Å². The van der Waals surface area contributed by atoms with E-state index >= 15 is 0 Å². The van der Waals surface area contributed by atoms with Crippen LogP contribution in [-0.4, -0.2) is 52.1 Å². The minimum atomic E-state index is -0.573. The molecule has 0 aliphatic carbocycles. The van der Waals surface area contributed by atoms with Gasteiger partial charge in [-0.15, -0.1) is 10.2 Å². The number of carbonyl (C=O) groups is 1. The molecule has 2 heterocycles. The van der Waals surface area contributed by atoms with Gasteiger partial charge in [0.1, 0.15) is 12.1 Å². The van der Waals surface area contributed by atoms with Gasteiger partial charge in [-0.2, -0.15) is 5.01 Å². The van der Waals surface area contributed by atoms with E-state index in [1.807, 2.05) is 67.5 Å². The summed E-state index contributed by atoms with van der Waals surface area (Å²) < 4.78 is 7.72. The summed E-state index contributed by atoms with van der Waals surface area (Å²) >= 11 is 0. The molecular formula is C19H20N6O2. The van der Waals surface area contributed by atoms with Crippen molar-refractivity contribution in [1.82, 2.24) is 20.0 Å². The topological polar surface area (TPSA) is 75.8 Å². The second-order valence-electron chi connectivity index (χ2n) is 6.54. The highest BCUT2D eigenvalue weighted by molar-refractivity contribution is 5.96. The highest BCUT2D eigenvalue weighted by atomic mass is 16.5. The Balaban J connectivity index is 1.58. The Hall–Kier alpha value is -3.42. The van der Waals surface area contributed by atoms with Gasteiger partial charge in [-0.1, -0.05) is 17.3 Å². The van der Waals surface area contributed by atoms with Crippen LogP contribution in [0.25, 0.3) is 11.0 Å². The van der Waals surface area contributed by atoms with Gasteiger partial charge in [-0.3, -0.25) is 4.79 Å². The van der Waals surface area contributed by atoms with E-state index in [4.69, 9.17) is 4.74 Å². The first-order valence-corrected chi connectivity index (χ1v) is 8.64. The van der Waals surface area contributed by atoms with Gasteiger partial charge in [-0.05, 0) is 36.4 Å². The fourth-order valence-electron chi connectivity index (χ4n) is 2.98. The van der Waals surface area contributed by atoms with Crippen LogP contribution in [0.15, 0.2) is 53.6 Å². The van der Waals surface area contributed by atoms with Gasteiger partial charge in [0, 0.05) is 32.3 Å². The average Bonchev–Trinajstić information content (AvgIpc) is 3.27. The van der Waals surface area contributed by atoms with Crippen molar-refractivity contribution >= 4 is 28.5 Å². The van der Waals surface area contributed by atoms with Gasteiger partial charge >= 0.3 is 0 Å². The number of nitrogens with zero attached hydrogens (tertiary/aromatic N) is 6. The van der Waals surface area contributed by atoms with Crippen LogP contribution in [0.4, 0.5) is 5.69 Å². The third-order valence-corrected chi connectivity index (χ3v) is 4.42. The highest BCUT2D eigenvalue weighted by Gasteiger charge is 2.32. The molecule has 0 radical (unpaired) electrons. The van der Waals surface area contributed by atoms with Crippen molar-refractivity contribution in [3.63, 3.8) is 0 Å². The zero-order chi connectivity index (χ0) is 19.0. The van der Waals surface area contributed by atoms with Crippen molar-refractivity contribution in [2.75, 3.05) is 19.0 Å². The Morgan fingerprint density at radius 2 is 1.89 bits per heavy atom. The second kappa shape index (κ2) is 6.71. The first-order chi connectivity index (χ1) is 13.0. The molecule has 8 nitrogen and oxygen atoms in total. The molecule has 1 aliphatic heterocycles. The van der Waals surface area contributed by atoms with Crippen LogP contribution < -0.4 is 4.90 Å². The van der Waals surface area contributed by atoms with Crippen molar-refractivity contribution in [2.24, 2.45) is 5.10 Å². The zero-order valence-electron chi connectivity index (χ0n) is 15.4. The Labute approximate surface area is 156 Å². The van der Waals surface area contributed by atoms with Crippen molar-refractivity contribution in [2.45, 2.75) is 19.7 Å². The molecule has 138 valence electrons. The molecule has 4 rings (SSSR count). The predicted octanol–water partition coefficient (Wildman–Crippen LogP) is 2.06. The summed E-state index contributed by atoms with van der Waals surface area (Å²) in [6.07, 6.45) is -0.573. The van der Waals surface area contributed by atoms with Crippen LogP contribution in [-0.2, 0) is 16.1 Å². The largest absolute Gasteiger partial charge is 0.448 e. The maximum atomic E-state index is 12.1. The number of rotatable bonds is 4. The minimum absolute atomic E-state index is 0.190. The molecule has 0 saturated heterocycles. The smallest absolute Gasteiger partial charge is 0.243 e. The fraction of sp³-hybridized carbons (Fsp3) is 0.263. The van der Waals surface area contributed by atoms with E-state index in [2.05, 4.69) is 15.4 Å². The van der Waals surface area contributed by atoms with Gasteiger partial charge in [0.05, 0.1) is 5.52 Å². The van der Waals surface area contributed by atoms with E-state index in [9.17, 15) is 4.79 Å². The van der Waals surface area contributed by atoms with Crippen LogP contribution >= 0.6 is 0 Å². The number of hydrogen-bond acceptors (Lipinski definition) is 6. The van der Waals surface area contributed by atoms with Gasteiger partial charge in [0.2, 0.25) is 18.0 Å². The number of anilines is 1. The lowest BCUT2D eigenvalue weighted by molar-refractivity contribution is -0.135. The normalized spacial score (nSPS) is 16.3. The number of para-hydroxylation sites is 1. The molecule has 2 aromatic carbocycles. The molecule has 0 fully saturated rings. The Bertz CT molecular complexity index is 1010. The van der Waals surface area contributed by atoms with Crippen molar-refractivity contribution in [3.8, 4) is 0 Å². The lowest BCUT2D eigenvalue weighted by atomic mass is 10.2. The number of hydrazone groups is 1. The molecule has 1 aromatic heterocycles. The van der Waals surface area contributed by atoms with Crippen molar-refractivity contribution < 1.29 is 9.53 Å². The van der Waals surface area contributed by atoms with Gasteiger partial charge in [0.25, 0.3) is 0 Å². The Morgan fingerprint density at radius 3 is 2.59 bits per heavy atom. The number of amides is 1. The van der Waals surface area contributed by atoms with Crippen molar-refractivity contribution in [1.29, 1.82) is 0 Å². The molecule has 3 aromatic rings. The van der Waals surface area contributed by atoms with E-state index in [1.54, 1.807) is 4.68 Å². The van der Waals surface area contributed by atoms with Crippen LogP contribution in [0.5, 0.6) is 0 Å². The monoisotopic (exact) mass is 364 g/mol. The lowest BCUT2D eigenvalue weighted by Crippen LogP contribution is -2.35. The molecule has 27 heavy (non-hydrogen) atoms. The zero-order valence-corrected chi connectivity index (χ0v) is 15.4. The molecule has 1 aliphatic rings. The molecule has 0 bridgehead atoms. The number of fused-ring (bicyclic) bond motifs is 1. The first-order valence-electron chi connectivity index (χ1n) is 8.64. The summed E-state index contributed by atoms with van der Waals surface area (Å²) in [5, 5.41) is 14.0. The molecule has 0 N–H and O–H groups in total. The lowest BCUT2D eigenvalue weighted by Gasteiger charge is -2.19. The summed E-state index contributed by atoms with van der Waals surface area (Å²) in [5.74, 6) is 0.231. The van der Waals surface area contributed by atoms with Gasteiger partial charge in [0.15, 0.2) is 0 Å². The molecule has 8 heteroatoms. The van der Waals surface area contributed by atoms with E-state index in [-0.39, 0.29) is 5.91 Å². The summed E-state index contributed by atoms with van der Waals surface area (Å²) in [6.45, 7) is 1.81. The van der Waals surface area contributed by atoms with E-state index in [0.717, 1.165) is 22.3 Å². The SMILES string of the molecule is CC(=O)N1N=C(c2ccc(N(C)C)cc2)OC1Cn1nnc2ccccc21. The standard InChI is InChI=1S/C19H20N6O2/c1-13(26)25-18(12-24-17-7-5-4-6-16(17)20-22-24)27-19(21-25)14-8-10-15(11-9-14)23(2)3/h4-11,18H,12H2,1-3H3. The molecule has 1 atom stereocenters. The van der Waals surface area contributed by atoms with Crippen LogP contribution in [0.1, 0.15) is 12.5 Å². The van der Waals surface area contributed by atoms with Crippen LogP contribution in [0.2, 0.25) is 0 Å². The third kappa shape index (κ3) is 3.21. The van der Waals surface area contributed by atoms with Crippen LogP contribution in [0.3, 0.4) is 0 Å². The summed E-state index contributed by atoms with van der Waals surface area (Å²) in [4.78, 5) is 14.1. The van der Waals surface area contributed by atoms with E-state index < -0.39 is 6.23 Å². The molecule has 1 unspecified atom stereocenters. The maximum absolute atomic E-state index is 12.1. The number of ether oxygens (including phenoxy) is 1. The quantitative estimate of drug-likeness (QED) is 0.708. The van der Waals surface area contributed by atoms with Crippen molar-refractivity contribution in [3.05, 3.63) is 54.1 Å². The molecule has 0 spiro atoms. The number of carbonyl (C=O) groups excluding carboxylic acids is 1. The van der Waals surface area contributed by atoms with Gasteiger partial charge in [-0.25, -0.2) is 4.68 Å². The first kappa shape index (κ1) is 17.0. The fourth-order valence-corrected chi connectivity index (χ4v) is 2.98. The summed E-state index contributed by atoms with van der Waals surface area (Å²) in [5.41, 5.74) is 3.57. The Morgan fingerprint density at radius 1 is 1.15 bits per heavy atom. The number of benzene rings is 2. The molecule has 0 saturated carbocycles. The molecular weight excluding hydrogens is 344 g/mol. The summed E-state index contributed by atoms with van der Waals surface area (Å²) in [6, 6.07) is 15.5. The van der Waals surface area contributed by atoms with Gasteiger partial charge < -0.3 is 9.64 Å². The minimum Gasteiger partial charge on any atom is -0.448 e. The maximum Gasteiger partial charge on any atom is 0.243 e. The second-order valence-corrected chi connectivity index (χ2v) is 6.54. The third-order valence-electron chi connectivity index (χ3n) is 4.42. The average molecular weight is 364 g/mol. The van der Waals surface area contributed by atoms with E-state index in [0.29, 0.717) is 12.4 Å². The van der Waals surface area contributed by atoms with Crippen LogP contribution in [0, 0.1) is 0 Å². The summed E-state index contributed by atoms with van der Waals surface area (Å²) in [7, 11) is 3.96. The molecule has 1 amide bonds. The Kier molecular flexibility index (Phi) is 4.23.